The molecule has 0 bridgehead atoms. The third-order valence-corrected chi connectivity index (χ3v) is 6.50. The van der Waals surface area contributed by atoms with Gasteiger partial charge in [0, 0.05) is 51.8 Å². The fraction of sp³-hybridized carbons (Fsp3) is 0.0741. The van der Waals surface area contributed by atoms with Gasteiger partial charge in [0.1, 0.15) is 17.1 Å². The Kier molecular flexibility index (Phi) is 5.71. The maximum absolute atomic E-state index is 14.4. The van der Waals surface area contributed by atoms with Crippen molar-refractivity contribution < 1.29 is 13.5 Å². The summed E-state index contributed by atoms with van der Waals surface area (Å²) in [5.41, 5.74) is 2.93. The van der Waals surface area contributed by atoms with E-state index in [2.05, 4.69) is 17.1 Å². The second-order valence-electron chi connectivity index (χ2n) is 7.98. The van der Waals surface area contributed by atoms with Crippen LogP contribution < -0.4 is 10.3 Å². The van der Waals surface area contributed by atoms with E-state index in [1.54, 1.807) is 37.3 Å². The zero-order chi connectivity index (χ0) is 23.8. The Labute approximate surface area is 198 Å². The Bertz CT molecular complexity index is 1570. The van der Waals surface area contributed by atoms with Gasteiger partial charge in [0.05, 0.1) is 0 Å². The summed E-state index contributed by atoms with van der Waals surface area (Å²) in [7, 11) is 1.68. The fourth-order valence-corrected chi connectivity index (χ4v) is 4.63. The van der Waals surface area contributed by atoms with Gasteiger partial charge in [0.2, 0.25) is 0 Å². The summed E-state index contributed by atoms with van der Waals surface area (Å²) in [5.74, 6) is -1.17. The van der Waals surface area contributed by atoms with Crippen LogP contribution in [0.2, 0.25) is 0 Å². The van der Waals surface area contributed by atoms with E-state index in [1.165, 1.54) is 16.2 Å². The van der Waals surface area contributed by atoms with Gasteiger partial charge in [-0.2, -0.15) is 0 Å². The second-order valence-corrected chi connectivity index (χ2v) is 9.12. The maximum atomic E-state index is 14.4. The van der Waals surface area contributed by atoms with Gasteiger partial charge in [-0.3, -0.25) is 4.79 Å². The van der Waals surface area contributed by atoms with Crippen molar-refractivity contribution in [1.29, 1.82) is 0 Å². The lowest BCUT2D eigenvalue weighted by atomic mass is 10.0. The van der Waals surface area contributed by atoms with Crippen LogP contribution in [0.1, 0.15) is 5.56 Å². The number of hydrogen-bond donors (Lipinski definition) is 1. The third-order valence-electron chi connectivity index (χ3n) is 5.51. The van der Waals surface area contributed by atoms with E-state index in [1.807, 2.05) is 37.3 Å². The molecule has 0 unspecified atom stereocenters. The van der Waals surface area contributed by atoms with Crippen molar-refractivity contribution >= 4 is 22.7 Å². The lowest BCUT2D eigenvalue weighted by molar-refractivity contribution is 0.439. The van der Waals surface area contributed by atoms with E-state index in [0.29, 0.717) is 16.8 Å². The van der Waals surface area contributed by atoms with E-state index >= 15 is 0 Å². The second kappa shape index (κ2) is 8.83. The Morgan fingerprint density at radius 1 is 0.882 bits per heavy atom. The normalized spacial score (nSPS) is 11.2. The molecule has 0 aliphatic carbocycles. The number of rotatable bonds is 5. The van der Waals surface area contributed by atoms with Crippen LogP contribution in [0.25, 0.3) is 22.0 Å². The molecule has 1 N–H and O–H groups in total. The van der Waals surface area contributed by atoms with Gasteiger partial charge in [0.15, 0.2) is 11.6 Å². The number of nitrogens with zero attached hydrogens (tertiary/aromatic N) is 1. The van der Waals surface area contributed by atoms with Crippen molar-refractivity contribution in [2.24, 2.45) is 7.05 Å². The summed E-state index contributed by atoms with van der Waals surface area (Å²) >= 11 is 1.58. The molecule has 4 nitrogen and oxygen atoms in total. The molecule has 0 aliphatic heterocycles. The molecule has 5 rings (SSSR count). The molecule has 170 valence electrons. The van der Waals surface area contributed by atoms with Crippen LogP contribution in [-0.4, -0.2) is 9.55 Å². The average molecular weight is 475 g/mol. The Morgan fingerprint density at radius 2 is 1.62 bits per heavy atom. The molecule has 2 heterocycles. The number of ether oxygens (including phenoxy) is 1. The first-order valence-electron chi connectivity index (χ1n) is 10.6. The summed E-state index contributed by atoms with van der Waals surface area (Å²) in [6.07, 6.45) is 3.45. The summed E-state index contributed by atoms with van der Waals surface area (Å²) in [6.45, 7) is 2.04. The Balaban J connectivity index is 1.66. The van der Waals surface area contributed by atoms with Crippen molar-refractivity contribution in [3.05, 3.63) is 107 Å². The first-order valence-corrected chi connectivity index (χ1v) is 11.4. The summed E-state index contributed by atoms with van der Waals surface area (Å²) in [4.78, 5) is 17.6. The number of benzene rings is 3. The van der Waals surface area contributed by atoms with Gasteiger partial charge in [0.25, 0.3) is 5.56 Å². The monoisotopic (exact) mass is 474 g/mol. The zero-order valence-electron chi connectivity index (χ0n) is 18.4. The molecule has 0 saturated heterocycles. The smallest absolute Gasteiger partial charge is 0.274 e. The average Bonchev–Trinajstić information content (AvgIpc) is 3.31. The van der Waals surface area contributed by atoms with Crippen LogP contribution in [0.4, 0.5) is 8.78 Å². The van der Waals surface area contributed by atoms with E-state index in [4.69, 9.17) is 4.74 Å². The molecule has 34 heavy (non-hydrogen) atoms. The lowest BCUT2D eigenvalue weighted by Crippen LogP contribution is -2.16. The molecule has 0 atom stereocenters. The predicted molar refractivity (Wildman–Crippen MR) is 131 cm³/mol. The molecule has 2 aromatic heterocycles. The maximum Gasteiger partial charge on any atom is 0.274 e. The van der Waals surface area contributed by atoms with Gasteiger partial charge in [-0.05, 0) is 55.5 Å². The van der Waals surface area contributed by atoms with E-state index in [9.17, 15) is 13.6 Å². The fourth-order valence-electron chi connectivity index (χ4n) is 3.77. The third kappa shape index (κ3) is 4.22. The molecule has 7 heteroatoms. The van der Waals surface area contributed by atoms with Crippen molar-refractivity contribution in [2.45, 2.75) is 16.7 Å². The standard InChI is InChI=1S/C27H20F2N2O2S/c1-16-3-6-18(7-4-16)34-19-8-10-24(33-25-9-5-17(28)13-23(25)29)21(14-19)22-15-31(2)27(32)26-20(22)11-12-30-26/h3-15,30H,1-2H3. The predicted octanol–water partition coefficient (Wildman–Crippen LogP) is 7.06. The number of aryl methyl sites for hydroxylation is 2. The van der Waals surface area contributed by atoms with Gasteiger partial charge in [-0.1, -0.05) is 29.5 Å². The minimum atomic E-state index is -0.795. The quantitative estimate of drug-likeness (QED) is 0.297. The summed E-state index contributed by atoms with van der Waals surface area (Å²) in [6, 6.07) is 18.8. The number of H-pyrrole nitrogens is 1. The molecular weight excluding hydrogens is 454 g/mol. The van der Waals surface area contributed by atoms with Gasteiger partial charge < -0.3 is 14.3 Å². The highest BCUT2D eigenvalue weighted by molar-refractivity contribution is 7.99. The SMILES string of the molecule is Cc1ccc(Sc2ccc(Oc3ccc(F)cc3F)c(-c3cn(C)c(=O)c4[nH]ccc34)c2)cc1. The number of aromatic nitrogens is 2. The lowest BCUT2D eigenvalue weighted by Gasteiger charge is -2.15. The summed E-state index contributed by atoms with van der Waals surface area (Å²) < 4.78 is 35.2. The highest BCUT2D eigenvalue weighted by Crippen LogP contribution is 2.40. The van der Waals surface area contributed by atoms with Crippen molar-refractivity contribution in [1.82, 2.24) is 9.55 Å². The first-order chi connectivity index (χ1) is 16.4. The largest absolute Gasteiger partial charge is 0.454 e. The number of pyridine rings is 1. The van der Waals surface area contributed by atoms with Crippen molar-refractivity contribution in [2.75, 3.05) is 0 Å². The minimum absolute atomic E-state index is 0.0864. The van der Waals surface area contributed by atoms with Gasteiger partial charge >= 0.3 is 0 Å². The summed E-state index contributed by atoms with van der Waals surface area (Å²) in [5, 5.41) is 0.727. The molecule has 0 saturated carbocycles. The highest BCUT2D eigenvalue weighted by Gasteiger charge is 2.17. The molecule has 3 aromatic carbocycles. The van der Waals surface area contributed by atoms with Crippen LogP contribution >= 0.6 is 11.8 Å². The van der Waals surface area contributed by atoms with Crippen molar-refractivity contribution in [3.63, 3.8) is 0 Å². The molecule has 5 aromatic rings. The van der Waals surface area contributed by atoms with Gasteiger partial charge in [-0.15, -0.1) is 0 Å². The van der Waals surface area contributed by atoms with Crippen LogP contribution in [0.5, 0.6) is 11.5 Å². The number of hydrogen-bond acceptors (Lipinski definition) is 3. The number of aromatic amines is 1. The van der Waals surface area contributed by atoms with Gasteiger partial charge in [-0.25, -0.2) is 8.78 Å². The Hall–Kier alpha value is -3.84. The van der Waals surface area contributed by atoms with Crippen molar-refractivity contribution in [3.8, 4) is 22.6 Å². The Morgan fingerprint density at radius 3 is 2.38 bits per heavy atom. The molecule has 0 fully saturated rings. The highest BCUT2D eigenvalue weighted by atomic mass is 32.2. The molecule has 0 spiro atoms. The topological polar surface area (TPSA) is 47.0 Å². The molecular formula is C27H20F2N2O2S. The molecule has 0 aliphatic rings. The van der Waals surface area contributed by atoms with E-state index in [-0.39, 0.29) is 11.3 Å². The van der Waals surface area contributed by atoms with Crippen LogP contribution in [0, 0.1) is 18.6 Å². The zero-order valence-corrected chi connectivity index (χ0v) is 19.2. The number of nitrogens with one attached hydrogen (secondary N) is 1. The minimum Gasteiger partial charge on any atom is -0.454 e. The van der Waals surface area contributed by atoms with E-state index < -0.39 is 11.6 Å². The van der Waals surface area contributed by atoms with Crippen LogP contribution in [-0.2, 0) is 7.05 Å². The molecule has 0 radical (unpaired) electrons. The van der Waals surface area contributed by atoms with E-state index in [0.717, 1.165) is 32.9 Å². The number of halogens is 2. The van der Waals surface area contributed by atoms with Crippen LogP contribution in [0.3, 0.4) is 0 Å². The van der Waals surface area contributed by atoms with Crippen LogP contribution in [0.15, 0.2) is 93.7 Å². The number of fused-ring (bicyclic) bond motifs is 1. The first kappa shape index (κ1) is 22.0. The molecule has 0 amide bonds.